The lowest BCUT2D eigenvalue weighted by Crippen LogP contribution is -2.22. The maximum atomic E-state index is 13.2. The Bertz CT molecular complexity index is 376. The van der Waals surface area contributed by atoms with Crippen LogP contribution in [0.5, 0.6) is 0 Å². The number of rotatable bonds is 2. The van der Waals surface area contributed by atoms with E-state index in [1.165, 1.54) is 19.1 Å². The Balaban J connectivity index is 0.00000196. The lowest BCUT2D eigenvalue weighted by molar-refractivity contribution is 0.494. The molecule has 0 spiro atoms. The van der Waals surface area contributed by atoms with E-state index >= 15 is 0 Å². The zero-order chi connectivity index (χ0) is 10.7. The van der Waals surface area contributed by atoms with E-state index in [1.807, 2.05) is 0 Å². The number of nitrogens with zero attached hydrogens (tertiary/aromatic N) is 1. The van der Waals surface area contributed by atoms with Gasteiger partial charge in [-0.2, -0.15) is 0 Å². The third-order valence-corrected chi connectivity index (χ3v) is 1.79. The molecular weight excluding hydrogens is 224 g/mol. The molecular formula is C9H12ClF2N3. The lowest BCUT2D eigenvalue weighted by Gasteiger charge is -2.03. The van der Waals surface area contributed by atoms with Crippen molar-refractivity contribution in [3.05, 3.63) is 34.9 Å². The Morgan fingerprint density at radius 1 is 1.27 bits per heavy atom. The molecule has 0 amide bonds. The summed E-state index contributed by atoms with van der Waals surface area (Å²) in [5, 5.41) is 0. The van der Waals surface area contributed by atoms with Gasteiger partial charge in [-0.05, 0) is 12.5 Å². The van der Waals surface area contributed by atoms with Crippen molar-refractivity contribution >= 4 is 18.4 Å². The number of halogens is 3. The molecule has 3 nitrogen and oxygen atoms in total. The van der Waals surface area contributed by atoms with Gasteiger partial charge >= 0.3 is 0 Å². The minimum absolute atomic E-state index is 0. The summed E-state index contributed by atoms with van der Waals surface area (Å²) in [6.45, 7) is 1.44. The van der Waals surface area contributed by atoms with Gasteiger partial charge in [0.2, 0.25) is 0 Å². The summed E-state index contributed by atoms with van der Waals surface area (Å²) in [6.07, 6.45) is 0. The fourth-order valence-corrected chi connectivity index (χ4v) is 0.985. The molecule has 0 atom stereocenters. The van der Waals surface area contributed by atoms with Gasteiger partial charge in [0.15, 0.2) is 17.6 Å². The van der Waals surface area contributed by atoms with Crippen molar-refractivity contribution in [1.29, 1.82) is 0 Å². The van der Waals surface area contributed by atoms with Crippen LogP contribution in [0.1, 0.15) is 11.1 Å². The van der Waals surface area contributed by atoms with Crippen molar-refractivity contribution in [3.8, 4) is 0 Å². The first kappa shape index (κ1) is 13.6. The average molecular weight is 236 g/mol. The smallest absolute Gasteiger partial charge is 0.186 e. The highest BCUT2D eigenvalue weighted by atomic mass is 35.5. The highest BCUT2D eigenvalue weighted by molar-refractivity contribution is 5.85. The first-order chi connectivity index (χ1) is 6.52. The number of guanidine groups is 1. The SMILES string of the molecule is Cc1ccc(CN=C(N)N)c(F)c1F.Cl. The standard InChI is InChI=1S/C9H11F2N3.ClH/c1-5-2-3-6(4-14-9(12)13)8(11)7(5)10;/h2-3H,4H2,1H3,(H4,12,13,14);1H. The summed E-state index contributed by atoms with van der Waals surface area (Å²) in [5.74, 6) is -1.89. The van der Waals surface area contributed by atoms with Gasteiger partial charge in [0.1, 0.15) is 0 Å². The zero-order valence-corrected chi connectivity index (χ0v) is 8.94. The van der Waals surface area contributed by atoms with Gasteiger partial charge < -0.3 is 11.5 Å². The first-order valence-electron chi connectivity index (χ1n) is 4.01. The summed E-state index contributed by atoms with van der Waals surface area (Å²) in [5.41, 5.74) is 10.5. The van der Waals surface area contributed by atoms with Crippen LogP contribution in [0.4, 0.5) is 8.78 Å². The van der Waals surface area contributed by atoms with Crippen LogP contribution < -0.4 is 11.5 Å². The van der Waals surface area contributed by atoms with Crippen LogP contribution in [0.15, 0.2) is 17.1 Å². The van der Waals surface area contributed by atoms with E-state index in [4.69, 9.17) is 11.5 Å². The predicted octanol–water partition coefficient (Wildman–Crippen LogP) is 1.47. The second kappa shape index (κ2) is 5.50. The molecule has 1 rings (SSSR count). The molecule has 0 fully saturated rings. The Morgan fingerprint density at radius 2 is 1.87 bits per heavy atom. The number of nitrogens with two attached hydrogens (primary N) is 2. The topological polar surface area (TPSA) is 64.4 Å². The number of hydrogen-bond donors (Lipinski definition) is 2. The highest BCUT2D eigenvalue weighted by Gasteiger charge is 2.09. The van der Waals surface area contributed by atoms with Crippen LogP contribution in [-0.4, -0.2) is 5.96 Å². The summed E-state index contributed by atoms with van der Waals surface area (Å²) in [6, 6.07) is 2.94. The van der Waals surface area contributed by atoms with Gasteiger partial charge in [-0.15, -0.1) is 12.4 Å². The molecule has 0 aliphatic heterocycles. The molecule has 4 N–H and O–H groups in total. The molecule has 84 valence electrons. The summed E-state index contributed by atoms with van der Waals surface area (Å²) in [4.78, 5) is 3.59. The summed E-state index contributed by atoms with van der Waals surface area (Å²) < 4.78 is 26.2. The summed E-state index contributed by atoms with van der Waals surface area (Å²) >= 11 is 0. The Labute approximate surface area is 92.6 Å². The Hall–Kier alpha value is -1.36. The zero-order valence-electron chi connectivity index (χ0n) is 8.13. The fraction of sp³-hybridized carbons (Fsp3) is 0.222. The van der Waals surface area contributed by atoms with Gasteiger partial charge in [-0.3, -0.25) is 0 Å². The van der Waals surface area contributed by atoms with E-state index in [-0.39, 0.29) is 36.0 Å². The summed E-state index contributed by atoms with van der Waals surface area (Å²) in [7, 11) is 0. The molecule has 0 radical (unpaired) electrons. The molecule has 15 heavy (non-hydrogen) atoms. The molecule has 0 saturated heterocycles. The van der Waals surface area contributed by atoms with Gasteiger partial charge in [0.25, 0.3) is 0 Å². The van der Waals surface area contributed by atoms with Crippen molar-refractivity contribution < 1.29 is 8.78 Å². The minimum atomic E-state index is -0.894. The van der Waals surface area contributed by atoms with Gasteiger partial charge in [0, 0.05) is 5.56 Å². The third kappa shape index (κ3) is 3.36. The molecule has 1 aromatic carbocycles. The van der Waals surface area contributed by atoms with E-state index in [9.17, 15) is 8.78 Å². The van der Waals surface area contributed by atoms with E-state index in [0.717, 1.165) is 0 Å². The normalized spacial score (nSPS) is 9.27. The Morgan fingerprint density at radius 3 is 2.40 bits per heavy atom. The van der Waals surface area contributed by atoms with Crippen molar-refractivity contribution in [2.24, 2.45) is 16.5 Å². The molecule has 1 aromatic rings. The van der Waals surface area contributed by atoms with Gasteiger partial charge in [-0.25, -0.2) is 13.8 Å². The third-order valence-electron chi connectivity index (χ3n) is 1.79. The quantitative estimate of drug-likeness (QED) is 0.602. The van der Waals surface area contributed by atoms with Crippen LogP contribution in [0.3, 0.4) is 0 Å². The number of aryl methyl sites for hydroxylation is 1. The molecule has 0 aliphatic rings. The highest BCUT2D eigenvalue weighted by Crippen LogP contribution is 2.16. The van der Waals surface area contributed by atoms with Crippen molar-refractivity contribution in [3.63, 3.8) is 0 Å². The molecule has 0 saturated carbocycles. The molecule has 0 bridgehead atoms. The molecule has 0 aromatic heterocycles. The van der Waals surface area contributed by atoms with Crippen LogP contribution in [0.2, 0.25) is 0 Å². The van der Waals surface area contributed by atoms with Crippen molar-refractivity contribution in [1.82, 2.24) is 0 Å². The maximum Gasteiger partial charge on any atom is 0.186 e. The molecule has 0 heterocycles. The van der Waals surface area contributed by atoms with Crippen LogP contribution in [-0.2, 0) is 6.54 Å². The second-order valence-corrected chi connectivity index (χ2v) is 2.91. The molecule has 6 heteroatoms. The van der Waals surface area contributed by atoms with E-state index < -0.39 is 11.6 Å². The predicted molar refractivity (Wildman–Crippen MR) is 57.9 cm³/mol. The van der Waals surface area contributed by atoms with E-state index in [1.54, 1.807) is 0 Å². The minimum Gasteiger partial charge on any atom is -0.370 e. The first-order valence-corrected chi connectivity index (χ1v) is 4.01. The van der Waals surface area contributed by atoms with Crippen LogP contribution in [0, 0.1) is 18.6 Å². The van der Waals surface area contributed by atoms with Crippen molar-refractivity contribution in [2.45, 2.75) is 13.5 Å². The largest absolute Gasteiger partial charge is 0.370 e. The Kier molecular flexibility index (Phi) is 5.00. The van der Waals surface area contributed by atoms with Crippen molar-refractivity contribution in [2.75, 3.05) is 0 Å². The monoisotopic (exact) mass is 235 g/mol. The maximum absolute atomic E-state index is 13.2. The van der Waals surface area contributed by atoms with Gasteiger partial charge in [-0.1, -0.05) is 12.1 Å². The van der Waals surface area contributed by atoms with Gasteiger partial charge in [0.05, 0.1) is 6.54 Å². The van der Waals surface area contributed by atoms with Crippen LogP contribution in [0.25, 0.3) is 0 Å². The van der Waals surface area contributed by atoms with E-state index in [0.29, 0.717) is 0 Å². The average Bonchev–Trinajstić information content (AvgIpc) is 2.13. The fourth-order valence-electron chi connectivity index (χ4n) is 0.985. The second-order valence-electron chi connectivity index (χ2n) is 2.91. The molecule has 0 unspecified atom stereocenters. The lowest BCUT2D eigenvalue weighted by atomic mass is 10.1. The molecule has 0 aliphatic carbocycles. The van der Waals surface area contributed by atoms with Crippen LogP contribution >= 0.6 is 12.4 Å². The number of aliphatic imine (C=N–C) groups is 1. The van der Waals surface area contributed by atoms with E-state index in [2.05, 4.69) is 4.99 Å². The number of hydrogen-bond acceptors (Lipinski definition) is 1. The number of benzene rings is 1.